The van der Waals surface area contributed by atoms with Gasteiger partial charge in [-0.15, -0.1) is 32.9 Å². The van der Waals surface area contributed by atoms with E-state index in [4.69, 9.17) is 0 Å². The van der Waals surface area contributed by atoms with Gasteiger partial charge in [-0.05, 0) is 0 Å². The van der Waals surface area contributed by atoms with Crippen molar-refractivity contribution in [2.45, 2.75) is 0 Å². The molecule has 0 fully saturated rings. The van der Waals surface area contributed by atoms with Crippen LogP contribution >= 0.6 is 22.7 Å². The molecule has 0 aliphatic carbocycles. The molecule has 0 saturated heterocycles. The molecule has 3 nitrogen and oxygen atoms in total. The van der Waals surface area contributed by atoms with Crippen molar-refractivity contribution >= 4 is 22.7 Å². The highest BCUT2D eigenvalue weighted by Gasteiger charge is 1.60. The van der Waals surface area contributed by atoms with Crippen molar-refractivity contribution < 1.29 is 0 Å². The van der Waals surface area contributed by atoms with E-state index in [1.165, 1.54) is 11.3 Å². The van der Waals surface area contributed by atoms with Crippen LogP contribution in [-0.4, -0.2) is 15.2 Å². The van der Waals surface area contributed by atoms with Gasteiger partial charge >= 0.3 is 0 Å². The third-order valence-corrected chi connectivity index (χ3v) is 1.58. The predicted octanol–water partition coefficient (Wildman–Crippen LogP) is 1.68. The molecule has 0 saturated carbocycles. The van der Waals surface area contributed by atoms with E-state index in [0.717, 1.165) is 0 Å². The lowest BCUT2D eigenvalue weighted by Gasteiger charge is -1.41. The first kappa shape index (κ1) is 7.30. The maximum absolute atomic E-state index is 3.74. The van der Waals surface area contributed by atoms with Crippen molar-refractivity contribution in [3.63, 3.8) is 0 Å². The molecule has 0 N–H and O–H groups in total. The molecule has 2 aromatic rings. The predicted molar refractivity (Wildman–Crippen MR) is 42.0 cm³/mol. The van der Waals surface area contributed by atoms with Gasteiger partial charge in [-0.25, -0.2) is 0 Å². The highest BCUT2D eigenvalue weighted by Crippen LogP contribution is 1.85. The second-order valence-corrected chi connectivity index (χ2v) is 2.70. The van der Waals surface area contributed by atoms with Crippen molar-refractivity contribution in [3.8, 4) is 0 Å². The molecule has 0 atom stereocenters. The van der Waals surface area contributed by atoms with Gasteiger partial charge in [0.2, 0.25) is 0 Å². The fraction of sp³-hybridized carbons (Fsp3) is 0. The van der Waals surface area contributed by atoms with Gasteiger partial charge < -0.3 is 0 Å². The van der Waals surface area contributed by atoms with Crippen LogP contribution in [-0.2, 0) is 0 Å². The van der Waals surface area contributed by atoms with Crippen molar-refractivity contribution in [1.82, 2.24) is 15.2 Å². The maximum Gasteiger partial charge on any atom is 0.103 e. The molecule has 0 spiro atoms. The van der Waals surface area contributed by atoms with Gasteiger partial charge in [0, 0.05) is 11.6 Å². The van der Waals surface area contributed by atoms with Gasteiger partial charge in [-0.3, -0.25) is 4.98 Å². The number of hydrogen-bond acceptors (Lipinski definition) is 5. The topological polar surface area (TPSA) is 38.7 Å². The van der Waals surface area contributed by atoms with Crippen LogP contribution in [0.5, 0.6) is 0 Å². The molecule has 52 valence electrons. The fourth-order valence-corrected chi connectivity index (χ4v) is 0.935. The Morgan fingerprint density at radius 2 is 1.70 bits per heavy atom. The Morgan fingerprint density at radius 3 is 1.90 bits per heavy atom. The Hall–Kier alpha value is -0.810. The van der Waals surface area contributed by atoms with Crippen LogP contribution in [0.3, 0.4) is 0 Å². The average molecular weight is 171 g/mol. The lowest BCUT2D eigenvalue weighted by atomic mass is 11.0. The normalized spacial score (nSPS) is 8.00. The second kappa shape index (κ2) is 5.01. The Morgan fingerprint density at radius 1 is 0.900 bits per heavy atom. The van der Waals surface area contributed by atoms with E-state index in [9.17, 15) is 0 Å². The van der Waals surface area contributed by atoms with Crippen LogP contribution in [0, 0.1) is 0 Å². The first-order valence-electron chi connectivity index (χ1n) is 2.51. The first-order valence-corrected chi connectivity index (χ1v) is 4.39. The van der Waals surface area contributed by atoms with Crippen molar-refractivity contribution in [2.24, 2.45) is 0 Å². The minimum absolute atomic E-state index is 1.49. The summed E-state index contributed by atoms with van der Waals surface area (Å²) >= 11 is 3.09. The highest BCUT2D eigenvalue weighted by atomic mass is 32.1. The molecule has 2 heterocycles. The lowest BCUT2D eigenvalue weighted by molar-refractivity contribution is 1.09. The van der Waals surface area contributed by atoms with Crippen LogP contribution in [0.1, 0.15) is 0 Å². The zero-order valence-electron chi connectivity index (χ0n) is 5.04. The Labute approximate surface area is 66.4 Å². The molecule has 0 bridgehead atoms. The van der Waals surface area contributed by atoms with Gasteiger partial charge in [0.05, 0.1) is 5.51 Å². The van der Waals surface area contributed by atoms with E-state index in [-0.39, 0.29) is 0 Å². The summed E-state index contributed by atoms with van der Waals surface area (Å²) in [5, 5.41) is 8.91. The van der Waals surface area contributed by atoms with Gasteiger partial charge in [-0.2, -0.15) is 0 Å². The smallest absolute Gasteiger partial charge is 0.103 e. The summed E-state index contributed by atoms with van der Waals surface area (Å²) in [5.74, 6) is 0. The molecule has 0 radical (unpaired) electrons. The highest BCUT2D eigenvalue weighted by molar-refractivity contribution is 7.07. The van der Waals surface area contributed by atoms with E-state index < -0.39 is 0 Å². The molecule has 2 aromatic heterocycles. The number of nitrogens with zero attached hydrogens (tertiary/aromatic N) is 3. The quantitative estimate of drug-likeness (QED) is 0.605. The van der Waals surface area contributed by atoms with E-state index >= 15 is 0 Å². The fourth-order valence-electron chi connectivity index (χ4n) is 0.312. The summed E-state index contributed by atoms with van der Waals surface area (Å²) in [4.78, 5) is 3.74. The van der Waals surface area contributed by atoms with Crippen molar-refractivity contribution in [3.05, 3.63) is 28.1 Å². The Kier molecular flexibility index (Phi) is 3.66. The lowest BCUT2D eigenvalue weighted by Crippen LogP contribution is -1.53. The van der Waals surface area contributed by atoms with Gasteiger partial charge in [-0.1, -0.05) is 0 Å². The molecule has 0 aliphatic heterocycles. The molecule has 0 aliphatic rings. The Bertz CT molecular complexity index is 154. The zero-order chi connectivity index (χ0) is 7.07. The molecule has 0 amide bonds. The number of aromatic nitrogens is 3. The summed E-state index contributed by atoms with van der Waals surface area (Å²) in [7, 11) is 0. The van der Waals surface area contributed by atoms with Gasteiger partial charge in [0.25, 0.3) is 0 Å². The summed E-state index contributed by atoms with van der Waals surface area (Å²) in [5.41, 5.74) is 5.15. The maximum atomic E-state index is 3.74. The molecular formula is C5H5N3S2. The van der Waals surface area contributed by atoms with Gasteiger partial charge in [0.1, 0.15) is 11.0 Å². The molecule has 0 aromatic carbocycles. The van der Waals surface area contributed by atoms with E-state index in [1.54, 1.807) is 34.1 Å². The first-order chi connectivity index (χ1) is 5.00. The molecule has 2 rings (SSSR count). The minimum Gasteiger partial charge on any atom is -0.253 e. The van der Waals surface area contributed by atoms with Crippen LogP contribution in [0.15, 0.2) is 28.1 Å². The van der Waals surface area contributed by atoms with Crippen LogP contribution < -0.4 is 0 Å². The number of thiazole rings is 1. The standard InChI is InChI=1S/C3H3NS.C2H2N2S/c1-2-5-3-4-1;1-3-4-2-5-1/h1-3H;1-2H. The van der Waals surface area contributed by atoms with E-state index in [1.807, 2.05) is 5.38 Å². The monoisotopic (exact) mass is 171 g/mol. The summed E-state index contributed by atoms with van der Waals surface area (Å²) in [6.45, 7) is 0. The van der Waals surface area contributed by atoms with E-state index in [0.29, 0.717) is 0 Å². The third kappa shape index (κ3) is 3.26. The Balaban J connectivity index is 0.0000001000. The molecule has 0 unspecified atom stereocenters. The van der Waals surface area contributed by atoms with E-state index in [2.05, 4.69) is 15.2 Å². The SMILES string of the molecule is c1cscn1.c1nncs1. The molecule has 10 heavy (non-hydrogen) atoms. The average Bonchev–Trinajstić information content (AvgIpc) is 2.67. The summed E-state index contributed by atoms with van der Waals surface area (Å²) in [6, 6.07) is 0. The number of rotatable bonds is 0. The van der Waals surface area contributed by atoms with Crippen LogP contribution in [0.2, 0.25) is 0 Å². The molecular weight excluding hydrogens is 166 g/mol. The zero-order valence-corrected chi connectivity index (χ0v) is 6.68. The summed E-state index contributed by atoms with van der Waals surface area (Å²) in [6.07, 6.45) is 1.77. The van der Waals surface area contributed by atoms with Crippen molar-refractivity contribution in [2.75, 3.05) is 0 Å². The second-order valence-electron chi connectivity index (χ2n) is 1.25. The largest absolute Gasteiger partial charge is 0.253 e. The van der Waals surface area contributed by atoms with Crippen LogP contribution in [0.25, 0.3) is 0 Å². The third-order valence-electron chi connectivity index (χ3n) is 0.630. The molecule has 5 heteroatoms. The van der Waals surface area contributed by atoms with Gasteiger partial charge in [0.15, 0.2) is 0 Å². The van der Waals surface area contributed by atoms with Crippen LogP contribution in [0.4, 0.5) is 0 Å². The summed E-state index contributed by atoms with van der Waals surface area (Å²) < 4.78 is 0. The van der Waals surface area contributed by atoms with Crippen molar-refractivity contribution in [1.29, 1.82) is 0 Å². The number of hydrogen-bond donors (Lipinski definition) is 0. The minimum atomic E-state index is 1.49.